The number of ether oxygens (including phenoxy) is 13. The van der Waals surface area contributed by atoms with Crippen molar-refractivity contribution in [1.29, 1.82) is 0 Å². The lowest BCUT2D eigenvalue weighted by Crippen LogP contribution is -2.31. The lowest BCUT2D eigenvalue weighted by atomic mass is 10.0. The van der Waals surface area contributed by atoms with Crippen LogP contribution in [0.3, 0.4) is 0 Å². The molecule has 0 fully saturated rings. The van der Waals surface area contributed by atoms with Crippen molar-refractivity contribution in [2.45, 2.75) is 38.2 Å². The Labute approximate surface area is 305 Å². The van der Waals surface area contributed by atoms with Crippen LogP contribution in [0.2, 0.25) is 0 Å². The molecule has 0 aromatic carbocycles. The van der Waals surface area contributed by atoms with Crippen molar-refractivity contribution < 1.29 is 66.4 Å². The van der Waals surface area contributed by atoms with Crippen LogP contribution in [-0.4, -0.2) is 184 Å². The summed E-state index contributed by atoms with van der Waals surface area (Å²) >= 11 is 0. The molecular formula is C35H68N2O14. The summed E-state index contributed by atoms with van der Waals surface area (Å²) in [7, 11) is 0. The molecule has 3 N–H and O–H groups in total. The van der Waals surface area contributed by atoms with E-state index in [-0.39, 0.29) is 12.2 Å². The summed E-state index contributed by atoms with van der Waals surface area (Å²) in [6.45, 7) is 12.9. The SMILES string of the molecule is NCCOCCOCCOCCOCCOCCOCCOCCOCCOCCOCCOCCOCCNC(=O)OC1CC/C=C\CCC1. The van der Waals surface area contributed by atoms with Gasteiger partial charge in [-0.05, 0) is 32.1 Å². The Morgan fingerprint density at radius 1 is 0.451 bits per heavy atom. The molecule has 1 amide bonds. The van der Waals surface area contributed by atoms with Crippen LogP contribution >= 0.6 is 0 Å². The number of nitrogens with one attached hydrogen (secondary N) is 1. The van der Waals surface area contributed by atoms with E-state index in [0.29, 0.717) is 172 Å². The molecule has 0 heterocycles. The zero-order valence-electron chi connectivity index (χ0n) is 30.9. The van der Waals surface area contributed by atoms with Crippen LogP contribution in [0.25, 0.3) is 0 Å². The van der Waals surface area contributed by atoms with Gasteiger partial charge in [-0.2, -0.15) is 0 Å². The van der Waals surface area contributed by atoms with E-state index in [4.69, 9.17) is 67.3 Å². The molecule has 1 aliphatic rings. The topological polar surface area (TPSA) is 175 Å². The minimum atomic E-state index is -0.377. The van der Waals surface area contributed by atoms with E-state index in [1.807, 2.05) is 0 Å². The second kappa shape index (κ2) is 41.2. The predicted octanol–water partition coefficient (Wildman–Crippen LogP) is 1.76. The van der Waals surface area contributed by atoms with Crippen LogP contribution in [-0.2, 0) is 61.6 Å². The first-order chi connectivity index (χ1) is 25.3. The summed E-state index contributed by atoms with van der Waals surface area (Å²) in [6.07, 6.45) is 8.80. The fourth-order valence-electron chi connectivity index (χ4n) is 4.27. The van der Waals surface area contributed by atoms with Gasteiger partial charge in [0.15, 0.2) is 0 Å². The third kappa shape index (κ3) is 38.0. The Morgan fingerprint density at radius 2 is 0.765 bits per heavy atom. The highest BCUT2D eigenvalue weighted by Gasteiger charge is 2.14. The molecule has 0 aliphatic heterocycles. The van der Waals surface area contributed by atoms with Gasteiger partial charge < -0.3 is 72.6 Å². The zero-order chi connectivity index (χ0) is 36.4. The molecule has 1 aliphatic carbocycles. The van der Waals surface area contributed by atoms with E-state index in [1.54, 1.807) is 0 Å². The summed E-state index contributed by atoms with van der Waals surface area (Å²) in [5.41, 5.74) is 5.33. The normalized spacial score (nSPS) is 15.4. The van der Waals surface area contributed by atoms with Crippen LogP contribution in [0.4, 0.5) is 4.79 Å². The van der Waals surface area contributed by atoms with Crippen LogP contribution in [0.5, 0.6) is 0 Å². The van der Waals surface area contributed by atoms with E-state index in [0.717, 1.165) is 32.1 Å². The maximum atomic E-state index is 11.9. The molecule has 0 bridgehead atoms. The van der Waals surface area contributed by atoms with Crippen molar-refractivity contribution in [3.8, 4) is 0 Å². The molecule has 0 spiro atoms. The van der Waals surface area contributed by atoms with Crippen molar-refractivity contribution in [3.63, 3.8) is 0 Å². The second-order valence-corrected chi connectivity index (χ2v) is 11.1. The number of hydrogen-bond donors (Lipinski definition) is 2. The molecule has 16 nitrogen and oxygen atoms in total. The third-order valence-corrected chi connectivity index (χ3v) is 6.86. The number of hydrogen-bond acceptors (Lipinski definition) is 15. The summed E-state index contributed by atoms with van der Waals surface area (Å²) in [5.74, 6) is 0. The molecule has 1 atom stereocenters. The minimum Gasteiger partial charge on any atom is -0.446 e. The van der Waals surface area contributed by atoms with E-state index in [1.165, 1.54) is 0 Å². The van der Waals surface area contributed by atoms with Gasteiger partial charge in [0.2, 0.25) is 0 Å². The smallest absolute Gasteiger partial charge is 0.407 e. The van der Waals surface area contributed by atoms with Gasteiger partial charge in [0.1, 0.15) is 6.10 Å². The van der Waals surface area contributed by atoms with E-state index < -0.39 is 0 Å². The Balaban J connectivity index is 1.64. The number of carbonyl (C=O) groups is 1. The van der Waals surface area contributed by atoms with Crippen LogP contribution in [0.15, 0.2) is 12.2 Å². The van der Waals surface area contributed by atoms with Crippen LogP contribution < -0.4 is 11.1 Å². The molecule has 0 aromatic heterocycles. The first-order valence-electron chi connectivity index (χ1n) is 18.6. The minimum absolute atomic E-state index is 0.00839. The molecule has 0 aromatic rings. The second-order valence-electron chi connectivity index (χ2n) is 11.1. The average molecular weight is 741 g/mol. The van der Waals surface area contributed by atoms with Crippen molar-refractivity contribution in [2.24, 2.45) is 5.73 Å². The van der Waals surface area contributed by atoms with Crippen molar-refractivity contribution in [3.05, 3.63) is 12.2 Å². The number of rotatable bonds is 39. The highest BCUT2D eigenvalue weighted by molar-refractivity contribution is 5.67. The Bertz CT molecular complexity index is 741. The lowest BCUT2D eigenvalue weighted by Gasteiger charge is -2.18. The highest BCUT2D eigenvalue weighted by Crippen LogP contribution is 2.15. The first-order valence-corrected chi connectivity index (χ1v) is 18.6. The summed E-state index contributed by atoms with van der Waals surface area (Å²) in [6, 6.07) is 0. The van der Waals surface area contributed by atoms with Gasteiger partial charge in [-0.3, -0.25) is 0 Å². The largest absolute Gasteiger partial charge is 0.446 e. The lowest BCUT2D eigenvalue weighted by molar-refractivity contribution is -0.0282. The maximum absolute atomic E-state index is 11.9. The molecule has 0 saturated heterocycles. The number of nitrogens with two attached hydrogens (primary N) is 1. The molecule has 16 heteroatoms. The average Bonchev–Trinajstić information content (AvgIpc) is 3.12. The summed E-state index contributed by atoms with van der Waals surface area (Å²) in [5, 5.41) is 2.74. The van der Waals surface area contributed by atoms with Crippen molar-refractivity contribution >= 4 is 6.09 Å². The molecule has 1 unspecified atom stereocenters. The molecule has 1 rings (SSSR count). The van der Waals surface area contributed by atoms with Crippen LogP contribution in [0.1, 0.15) is 32.1 Å². The summed E-state index contributed by atoms with van der Waals surface area (Å²) in [4.78, 5) is 11.9. The van der Waals surface area contributed by atoms with Gasteiger partial charge in [-0.1, -0.05) is 12.2 Å². The molecule has 0 saturated carbocycles. The Morgan fingerprint density at radius 3 is 1.12 bits per heavy atom. The van der Waals surface area contributed by atoms with Crippen molar-refractivity contribution in [2.75, 3.05) is 172 Å². The molecule has 0 radical (unpaired) electrons. The standard InChI is InChI=1S/C35H68N2O14/c36-8-10-39-12-14-41-16-18-43-20-22-45-24-26-47-28-30-49-32-33-50-31-29-48-27-25-46-23-21-44-19-17-42-15-13-40-11-9-37-35(38)51-34-6-4-2-1-3-5-7-34/h1-2,34H,3-33,36H2,(H,37,38)/b2-1-. The zero-order valence-corrected chi connectivity index (χ0v) is 30.9. The van der Waals surface area contributed by atoms with Gasteiger partial charge >= 0.3 is 6.09 Å². The fraction of sp³-hybridized carbons (Fsp3) is 0.914. The van der Waals surface area contributed by atoms with Gasteiger partial charge in [0.05, 0.1) is 159 Å². The van der Waals surface area contributed by atoms with Crippen molar-refractivity contribution in [1.82, 2.24) is 5.32 Å². The predicted molar refractivity (Wildman–Crippen MR) is 189 cm³/mol. The van der Waals surface area contributed by atoms with Gasteiger partial charge in [-0.15, -0.1) is 0 Å². The molecular weight excluding hydrogens is 672 g/mol. The van der Waals surface area contributed by atoms with Gasteiger partial charge in [0, 0.05) is 13.1 Å². The molecule has 302 valence electrons. The van der Waals surface area contributed by atoms with E-state index in [2.05, 4.69) is 17.5 Å². The highest BCUT2D eigenvalue weighted by atomic mass is 16.6. The Hall–Kier alpha value is -1.51. The monoisotopic (exact) mass is 740 g/mol. The van der Waals surface area contributed by atoms with E-state index >= 15 is 0 Å². The number of amides is 1. The molecule has 51 heavy (non-hydrogen) atoms. The van der Waals surface area contributed by atoms with Crippen LogP contribution in [0, 0.1) is 0 Å². The first kappa shape index (κ1) is 47.5. The Kier molecular flexibility index (Phi) is 38.4. The third-order valence-electron chi connectivity index (χ3n) is 6.86. The number of allylic oxidation sites excluding steroid dienone is 2. The number of alkyl carbamates (subject to hydrolysis) is 1. The fourth-order valence-corrected chi connectivity index (χ4v) is 4.27. The maximum Gasteiger partial charge on any atom is 0.407 e. The van der Waals surface area contributed by atoms with E-state index in [9.17, 15) is 4.79 Å². The number of carbonyl (C=O) groups excluding carboxylic acids is 1. The summed E-state index contributed by atoms with van der Waals surface area (Å²) < 4.78 is 70.8. The van der Waals surface area contributed by atoms with Gasteiger partial charge in [0.25, 0.3) is 0 Å². The van der Waals surface area contributed by atoms with Gasteiger partial charge in [-0.25, -0.2) is 4.79 Å². The quantitative estimate of drug-likeness (QED) is 0.0689.